The third kappa shape index (κ3) is 3.17. The van der Waals surface area contributed by atoms with Crippen LogP contribution in [-0.2, 0) is 4.74 Å². The second-order valence-electron chi connectivity index (χ2n) is 6.32. The maximum absolute atomic E-state index is 12.9. The fourth-order valence-corrected chi connectivity index (χ4v) is 3.42. The topological polar surface area (TPSA) is 60.4 Å². The molecule has 0 amide bonds. The van der Waals surface area contributed by atoms with Crippen LogP contribution in [0.1, 0.15) is 19.3 Å². The zero-order chi connectivity index (χ0) is 16.4. The first kappa shape index (κ1) is 15.3. The lowest BCUT2D eigenvalue weighted by Crippen LogP contribution is -2.45. The Kier molecular flexibility index (Phi) is 4.02. The van der Waals surface area contributed by atoms with Crippen molar-refractivity contribution in [1.82, 2.24) is 15.0 Å². The van der Waals surface area contributed by atoms with Gasteiger partial charge in [0.2, 0.25) is 5.95 Å². The fraction of sp³-hybridized carbons (Fsp3) is 0.471. The molecular formula is C17H19FN4O2. The van der Waals surface area contributed by atoms with E-state index in [1.807, 2.05) is 12.1 Å². The summed E-state index contributed by atoms with van der Waals surface area (Å²) in [6.45, 7) is 2.19. The molecule has 4 rings (SSSR count). The molecular weight excluding hydrogens is 311 g/mol. The van der Waals surface area contributed by atoms with Crippen LogP contribution in [0.5, 0.6) is 5.75 Å². The molecule has 4 heterocycles. The molecule has 0 radical (unpaired) electrons. The molecule has 1 spiro atoms. The number of rotatable bonds is 3. The quantitative estimate of drug-likeness (QED) is 0.860. The number of piperidine rings is 1. The maximum atomic E-state index is 12.9. The van der Waals surface area contributed by atoms with Crippen LogP contribution in [0.3, 0.4) is 0 Å². The van der Waals surface area contributed by atoms with Crippen molar-refractivity contribution in [2.45, 2.75) is 31.0 Å². The molecule has 126 valence electrons. The number of halogens is 1. The van der Waals surface area contributed by atoms with Crippen LogP contribution >= 0.6 is 0 Å². The first-order valence-corrected chi connectivity index (χ1v) is 8.16. The second kappa shape index (κ2) is 6.32. The van der Waals surface area contributed by atoms with Crippen molar-refractivity contribution in [3.8, 4) is 5.75 Å². The normalized spacial score (nSPS) is 22.7. The number of hydrogen-bond donors (Lipinski definition) is 0. The van der Waals surface area contributed by atoms with Gasteiger partial charge in [-0.15, -0.1) is 0 Å². The van der Waals surface area contributed by atoms with E-state index in [2.05, 4.69) is 19.9 Å². The van der Waals surface area contributed by atoms with Gasteiger partial charge in [0.15, 0.2) is 5.82 Å². The molecule has 0 aliphatic carbocycles. The molecule has 2 aromatic rings. The van der Waals surface area contributed by atoms with Gasteiger partial charge in [-0.1, -0.05) is 0 Å². The van der Waals surface area contributed by atoms with Crippen molar-refractivity contribution >= 4 is 5.95 Å². The Morgan fingerprint density at radius 3 is 2.71 bits per heavy atom. The molecule has 7 heteroatoms. The van der Waals surface area contributed by atoms with Gasteiger partial charge in [0.25, 0.3) is 0 Å². The van der Waals surface area contributed by atoms with Crippen molar-refractivity contribution < 1.29 is 13.9 Å². The smallest absolute Gasteiger partial charge is 0.225 e. The molecule has 1 unspecified atom stereocenters. The Labute approximate surface area is 139 Å². The molecule has 0 saturated carbocycles. The average Bonchev–Trinajstić information content (AvgIpc) is 3.00. The van der Waals surface area contributed by atoms with Crippen LogP contribution in [0.2, 0.25) is 0 Å². The number of pyridine rings is 1. The summed E-state index contributed by atoms with van der Waals surface area (Å²) in [5.74, 6) is 0.939. The van der Waals surface area contributed by atoms with Crippen LogP contribution in [-0.4, -0.2) is 46.4 Å². The molecule has 2 aliphatic heterocycles. The molecule has 0 N–H and O–H groups in total. The van der Waals surface area contributed by atoms with Crippen molar-refractivity contribution in [3.05, 3.63) is 42.7 Å². The van der Waals surface area contributed by atoms with E-state index in [0.29, 0.717) is 12.6 Å². The standard InChI is InChI=1S/C17H19FN4O2/c18-13-9-20-16(21-10-13)22-6-3-17(4-7-22)8-15(12-23-17)24-14-2-1-5-19-11-14/h1-2,5,9-11,15H,3-4,6-8,12H2. The summed E-state index contributed by atoms with van der Waals surface area (Å²) in [5.41, 5.74) is -0.136. The number of ether oxygens (including phenoxy) is 2. The molecule has 2 aromatic heterocycles. The van der Waals surface area contributed by atoms with Gasteiger partial charge in [-0.3, -0.25) is 4.98 Å². The Bertz CT molecular complexity index is 675. The van der Waals surface area contributed by atoms with E-state index in [-0.39, 0.29) is 11.7 Å². The Hall–Kier alpha value is -2.28. The van der Waals surface area contributed by atoms with Gasteiger partial charge < -0.3 is 14.4 Å². The lowest BCUT2D eigenvalue weighted by molar-refractivity contribution is -0.0164. The highest BCUT2D eigenvalue weighted by Crippen LogP contribution is 2.37. The summed E-state index contributed by atoms with van der Waals surface area (Å²) in [6, 6.07) is 3.77. The highest BCUT2D eigenvalue weighted by Gasteiger charge is 2.44. The van der Waals surface area contributed by atoms with Gasteiger partial charge >= 0.3 is 0 Å². The van der Waals surface area contributed by atoms with Crippen molar-refractivity contribution in [1.29, 1.82) is 0 Å². The summed E-state index contributed by atoms with van der Waals surface area (Å²) in [5, 5.41) is 0. The minimum Gasteiger partial charge on any atom is -0.486 e. The second-order valence-corrected chi connectivity index (χ2v) is 6.32. The summed E-state index contributed by atoms with van der Waals surface area (Å²) < 4.78 is 25.0. The van der Waals surface area contributed by atoms with Gasteiger partial charge in [0.05, 0.1) is 30.8 Å². The van der Waals surface area contributed by atoms with E-state index < -0.39 is 5.82 Å². The molecule has 2 fully saturated rings. The monoisotopic (exact) mass is 330 g/mol. The number of anilines is 1. The van der Waals surface area contributed by atoms with Gasteiger partial charge in [-0.05, 0) is 25.0 Å². The summed E-state index contributed by atoms with van der Waals surface area (Å²) in [7, 11) is 0. The summed E-state index contributed by atoms with van der Waals surface area (Å²) >= 11 is 0. The van der Waals surface area contributed by atoms with E-state index in [0.717, 1.165) is 38.1 Å². The third-order valence-electron chi connectivity index (χ3n) is 4.68. The molecule has 0 bridgehead atoms. The van der Waals surface area contributed by atoms with Gasteiger partial charge in [-0.2, -0.15) is 0 Å². The highest BCUT2D eigenvalue weighted by molar-refractivity contribution is 5.30. The zero-order valence-electron chi connectivity index (χ0n) is 13.3. The molecule has 6 nitrogen and oxygen atoms in total. The minimum atomic E-state index is -0.415. The fourth-order valence-electron chi connectivity index (χ4n) is 3.42. The van der Waals surface area contributed by atoms with E-state index in [1.54, 1.807) is 12.4 Å². The van der Waals surface area contributed by atoms with E-state index in [9.17, 15) is 4.39 Å². The predicted octanol–water partition coefficient (Wildman–Crippen LogP) is 2.22. The first-order chi connectivity index (χ1) is 11.7. The van der Waals surface area contributed by atoms with Crippen molar-refractivity contribution in [2.24, 2.45) is 0 Å². The summed E-state index contributed by atoms with van der Waals surface area (Å²) in [6.07, 6.45) is 8.57. The van der Waals surface area contributed by atoms with Gasteiger partial charge in [0.1, 0.15) is 11.9 Å². The van der Waals surface area contributed by atoms with Crippen LogP contribution in [0.15, 0.2) is 36.9 Å². The van der Waals surface area contributed by atoms with Crippen LogP contribution in [0.4, 0.5) is 10.3 Å². The number of nitrogens with zero attached hydrogens (tertiary/aromatic N) is 4. The Balaban J connectivity index is 1.34. The predicted molar refractivity (Wildman–Crippen MR) is 85.4 cm³/mol. The molecule has 2 saturated heterocycles. The molecule has 2 aliphatic rings. The highest BCUT2D eigenvalue weighted by atomic mass is 19.1. The lowest BCUT2D eigenvalue weighted by atomic mass is 9.88. The van der Waals surface area contributed by atoms with Crippen molar-refractivity contribution in [2.75, 3.05) is 24.6 Å². The van der Waals surface area contributed by atoms with Gasteiger partial charge in [0, 0.05) is 25.7 Å². The van der Waals surface area contributed by atoms with Crippen molar-refractivity contribution in [3.63, 3.8) is 0 Å². The maximum Gasteiger partial charge on any atom is 0.225 e. The van der Waals surface area contributed by atoms with E-state index in [4.69, 9.17) is 9.47 Å². The van der Waals surface area contributed by atoms with Gasteiger partial charge in [-0.25, -0.2) is 14.4 Å². The number of aromatic nitrogens is 3. The van der Waals surface area contributed by atoms with Crippen LogP contribution in [0, 0.1) is 5.82 Å². The van der Waals surface area contributed by atoms with E-state index >= 15 is 0 Å². The Morgan fingerprint density at radius 2 is 2.00 bits per heavy atom. The summed E-state index contributed by atoms with van der Waals surface area (Å²) in [4.78, 5) is 14.3. The zero-order valence-corrected chi connectivity index (χ0v) is 13.3. The number of hydrogen-bond acceptors (Lipinski definition) is 6. The first-order valence-electron chi connectivity index (χ1n) is 8.16. The molecule has 1 atom stereocenters. The molecule has 24 heavy (non-hydrogen) atoms. The minimum absolute atomic E-state index is 0.0582. The van der Waals surface area contributed by atoms with Crippen LogP contribution < -0.4 is 9.64 Å². The lowest BCUT2D eigenvalue weighted by Gasteiger charge is -2.38. The molecule has 0 aromatic carbocycles. The third-order valence-corrected chi connectivity index (χ3v) is 4.68. The average molecular weight is 330 g/mol. The Morgan fingerprint density at radius 1 is 1.21 bits per heavy atom. The largest absolute Gasteiger partial charge is 0.486 e. The van der Waals surface area contributed by atoms with Crippen LogP contribution in [0.25, 0.3) is 0 Å². The van der Waals surface area contributed by atoms with E-state index in [1.165, 1.54) is 12.4 Å². The SMILES string of the molecule is Fc1cnc(N2CCC3(CC2)CC(Oc2cccnc2)CO3)nc1.